The molecule has 7 nitrogen and oxygen atoms in total. The van der Waals surface area contributed by atoms with Crippen molar-refractivity contribution in [1.82, 2.24) is 20.1 Å². The standard InChI is InChI=1S/C15H17BrN6O/c1-11-2-3-13(12(16)8-11)18-15-19-14(9-17-20-15)22-6-4-21(10-23)5-7-22/h2-3,8-10H,4-7H2,1H3,(H,18,19,20). The molecule has 0 aliphatic carbocycles. The first kappa shape index (κ1) is 15.7. The molecule has 2 aromatic rings. The number of aryl methyl sites for hydroxylation is 1. The van der Waals surface area contributed by atoms with Gasteiger partial charge in [-0.3, -0.25) is 4.79 Å². The highest BCUT2D eigenvalue weighted by molar-refractivity contribution is 9.10. The predicted octanol–water partition coefficient (Wildman–Crippen LogP) is 1.96. The van der Waals surface area contributed by atoms with Crippen molar-refractivity contribution in [1.29, 1.82) is 0 Å². The SMILES string of the molecule is Cc1ccc(Nc2nncc(N3CCN(C=O)CC3)n2)c(Br)c1. The van der Waals surface area contributed by atoms with Crippen LogP contribution in [0, 0.1) is 6.92 Å². The molecule has 1 aromatic heterocycles. The minimum atomic E-state index is 0.449. The zero-order valence-electron chi connectivity index (χ0n) is 12.7. The number of nitrogens with zero attached hydrogens (tertiary/aromatic N) is 5. The molecule has 1 N–H and O–H groups in total. The molecule has 23 heavy (non-hydrogen) atoms. The zero-order chi connectivity index (χ0) is 16.2. The van der Waals surface area contributed by atoms with Crippen LogP contribution in [0.2, 0.25) is 0 Å². The van der Waals surface area contributed by atoms with Crippen LogP contribution in [-0.2, 0) is 4.79 Å². The monoisotopic (exact) mass is 376 g/mol. The molecule has 0 spiro atoms. The van der Waals surface area contributed by atoms with E-state index in [1.54, 1.807) is 11.1 Å². The van der Waals surface area contributed by atoms with Gasteiger partial charge in [-0.15, -0.1) is 5.10 Å². The molecule has 0 saturated carbocycles. The molecular weight excluding hydrogens is 360 g/mol. The minimum absolute atomic E-state index is 0.449. The Hall–Kier alpha value is -2.22. The minimum Gasteiger partial charge on any atom is -0.352 e. The highest BCUT2D eigenvalue weighted by atomic mass is 79.9. The van der Waals surface area contributed by atoms with Gasteiger partial charge in [0.25, 0.3) is 0 Å². The molecule has 0 radical (unpaired) electrons. The summed E-state index contributed by atoms with van der Waals surface area (Å²) >= 11 is 3.53. The van der Waals surface area contributed by atoms with Crippen molar-refractivity contribution < 1.29 is 4.79 Å². The van der Waals surface area contributed by atoms with Crippen LogP contribution in [0.4, 0.5) is 17.5 Å². The summed E-state index contributed by atoms with van der Waals surface area (Å²) in [5, 5.41) is 11.2. The summed E-state index contributed by atoms with van der Waals surface area (Å²) in [5.74, 6) is 1.21. The summed E-state index contributed by atoms with van der Waals surface area (Å²) in [6, 6.07) is 6.01. The number of benzene rings is 1. The quantitative estimate of drug-likeness (QED) is 0.822. The number of piperazine rings is 1. The molecule has 2 heterocycles. The Labute approximate surface area is 142 Å². The smallest absolute Gasteiger partial charge is 0.249 e. The predicted molar refractivity (Wildman–Crippen MR) is 91.8 cm³/mol. The van der Waals surface area contributed by atoms with Gasteiger partial charge in [0.05, 0.1) is 11.9 Å². The van der Waals surface area contributed by atoms with Crippen LogP contribution in [0.15, 0.2) is 28.9 Å². The number of amides is 1. The molecule has 3 rings (SSSR count). The Balaban J connectivity index is 1.74. The largest absolute Gasteiger partial charge is 0.352 e. The first-order valence-corrected chi connectivity index (χ1v) is 8.12. The van der Waals surface area contributed by atoms with Gasteiger partial charge in [-0.05, 0) is 40.5 Å². The van der Waals surface area contributed by atoms with Crippen LogP contribution in [0.5, 0.6) is 0 Å². The summed E-state index contributed by atoms with van der Waals surface area (Å²) < 4.78 is 0.950. The molecule has 1 fully saturated rings. The van der Waals surface area contributed by atoms with Crippen LogP contribution in [-0.4, -0.2) is 52.7 Å². The maximum absolute atomic E-state index is 10.8. The first-order chi connectivity index (χ1) is 11.2. The average molecular weight is 377 g/mol. The lowest BCUT2D eigenvalue weighted by molar-refractivity contribution is -0.118. The van der Waals surface area contributed by atoms with E-state index < -0.39 is 0 Å². The van der Waals surface area contributed by atoms with Crippen molar-refractivity contribution >= 4 is 39.8 Å². The molecule has 0 unspecified atom stereocenters. The second-order valence-corrected chi connectivity index (χ2v) is 6.23. The van der Waals surface area contributed by atoms with Crippen molar-refractivity contribution in [2.24, 2.45) is 0 Å². The number of anilines is 3. The lowest BCUT2D eigenvalue weighted by atomic mass is 10.2. The summed E-state index contributed by atoms with van der Waals surface area (Å²) in [4.78, 5) is 19.1. The molecule has 1 amide bonds. The third kappa shape index (κ3) is 3.76. The van der Waals surface area contributed by atoms with Gasteiger partial charge in [0, 0.05) is 30.7 Å². The Morgan fingerprint density at radius 3 is 2.74 bits per heavy atom. The number of halogens is 1. The van der Waals surface area contributed by atoms with Crippen LogP contribution in [0.1, 0.15) is 5.56 Å². The summed E-state index contributed by atoms with van der Waals surface area (Å²) in [6.07, 6.45) is 2.53. The van der Waals surface area contributed by atoms with Gasteiger partial charge in [0.15, 0.2) is 5.82 Å². The van der Waals surface area contributed by atoms with E-state index in [9.17, 15) is 4.79 Å². The van der Waals surface area contributed by atoms with Crippen molar-refractivity contribution in [2.45, 2.75) is 6.92 Å². The molecule has 1 aliphatic rings. The summed E-state index contributed by atoms with van der Waals surface area (Å²) in [7, 11) is 0. The van der Waals surface area contributed by atoms with E-state index in [0.29, 0.717) is 19.0 Å². The second-order valence-electron chi connectivity index (χ2n) is 5.37. The topological polar surface area (TPSA) is 74.2 Å². The molecule has 1 aliphatic heterocycles. The van der Waals surface area contributed by atoms with Crippen LogP contribution in [0.3, 0.4) is 0 Å². The van der Waals surface area contributed by atoms with Gasteiger partial charge < -0.3 is 15.1 Å². The van der Waals surface area contributed by atoms with Crippen molar-refractivity contribution in [3.63, 3.8) is 0 Å². The molecule has 0 bridgehead atoms. The van der Waals surface area contributed by atoms with Crippen LogP contribution in [0.25, 0.3) is 0 Å². The van der Waals surface area contributed by atoms with Crippen LogP contribution >= 0.6 is 15.9 Å². The van der Waals surface area contributed by atoms with E-state index in [1.165, 1.54) is 5.56 Å². The van der Waals surface area contributed by atoms with E-state index in [4.69, 9.17) is 0 Å². The van der Waals surface area contributed by atoms with Crippen LogP contribution < -0.4 is 10.2 Å². The Morgan fingerprint density at radius 1 is 1.26 bits per heavy atom. The van der Waals surface area contributed by atoms with Crippen molar-refractivity contribution in [2.75, 3.05) is 36.4 Å². The fraction of sp³-hybridized carbons (Fsp3) is 0.333. The molecule has 120 valence electrons. The maximum atomic E-state index is 10.8. The number of hydrogen-bond acceptors (Lipinski definition) is 6. The number of rotatable bonds is 4. The van der Waals surface area contributed by atoms with E-state index in [0.717, 1.165) is 35.5 Å². The number of carbonyl (C=O) groups is 1. The van der Waals surface area contributed by atoms with Gasteiger partial charge in [-0.2, -0.15) is 10.1 Å². The van der Waals surface area contributed by atoms with Gasteiger partial charge in [-0.25, -0.2) is 0 Å². The van der Waals surface area contributed by atoms with Crippen molar-refractivity contribution in [3.05, 3.63) is 34.4 Å². The fourth-order valence-electron chi connectivity index (χ4n) is 2.40. The van der Waals surface area contributed by atoms with E-state index in [-0.39, 0.29) is 0 Å². The highest BCUT2D eigenvalue weighted by Gasteiger charge is 2.17. The highest BCUT2D eigenvalue weighted by Crippen LogP contribution is 2.25. The lowest BCUT2D eigenvalue weighted by Crippen LogP contribution is -2.46. The number of aromatic nitrogens is 3. The Morgan fingerprint density at radius 2 is 2.04 bits per heavy atom. The third-order valence-corrected chi connectivity index (χ3v) is 4.36. The summed E-state index contributed by atoms with van der Waals surface area (Å²) in [5.41, 5.74) is 2.06. The van der Waals surface area contributed by atoms with Gasteiger partial charge in [-0.1, -0.05) is 6.07 Å². The first-order valence-electron chi connectivity index (χ1n) is 7.33. The molecule has 1 aromatic carbocycles. The lowest BCUT2D eigenvalue weighted by Gasteiger charge is -2.33. The van der Waals surface area contributed by atoms with Gasteiger partial charge in [0.2, 0.25) is 12.4 Å². The molecular formula is C15H17BrN6O. The Kier molecular flexibility index (Phi) is 4.71. The number of hydrogen-bond donors (Lipinski definition) is 1. The van der Waals surface area contributed by atoms with E-state index >= 15 is 0 Å². The van der Waals surface area contributed by atoms with Gasteiger partial charge in [0.1, 0.15) is 0 Å². The average Bonchev–Trinajstić information content (AvgIpc) is 2.58. The van der Waals surface area contributed by atoms with Crippen molar-refractivity contribution in [3.8, 4) is 0 Å². The third-order valence-electron chi connectivity index (χ3n) is 3.70. The van der Waals surface area contributed by atoms with Gasteiger partial charge >= 0.3 is 0 Å². The molecule has 1 saturated heterocycles. The zero-order valence-corrected chi connectivity index (χ0v) is 14.3. The fourth-order valence-corrected chi connectivity index (χ4v) is 2.99. The normalized spacial score (nSPS) is 14.7. The van der Waals surface area contributed by atoms with E-state index in [1.807, 2.05) is 25.1 Å². The second kappa shape index (κ2) is 6.91. The molecule has 8 heteroatoms. The number of nitrogens with one attached hydrogen (secondary N) is 1. The maximum Gasteiger partial charge on any atom is 0.249 e. The summed E-state index contributed by atoms with van der Waals surface area (Å²) in [6.45, 7) is 4.90. The van der Waals surface area contributed by atoms with E-state index in [2.05, 4.69) is 41.3 Å². The molecule has 0 atom stereocenters. The number of carbonyl (C=O) groups excluding carboxylic acids is 1. The Bertz CT molecular complexity index is 702.